The van der Waals surface area contributed by atoms with Crippen LogP contribution in [0.4, 0.5) is 5.69 Å². The number of anilines is 1. The maximum absolute atomic E-state index is 11.8. The average Bonchev–Trinajstić information content (AvgIpc) is 2.80. The predicted molar refractivity (Wildman–Crippen MR) is 92.0 cm³/mol. The van der Waals surface area contributed by atoms with Crippen LogP contribution in [0.25, 0.3) is 11.1 Å². The van der Waals surface area contributed by atoms with Crippen molar-refractivity contribution in [2.75, 3.05) is 17.3 Å². The molecule has 0 fully saturated rings. The van der Waals surface area contributed by atoms with E-state index in [2.05, 4.69) is 10.6 Å². The third-order valence-corrected chi connectivity index (χ3v) is 4.40. The molecule has 25 heavy (non-hydrogen) atoms. The van der Waals surface area contributed by atoms with Gasteiger partial charge in [-0.25, -0.2) is 8.42 Å². The normalized spacial score (nSPS) is 13.3. The summed E-state index contributed by atoms with van der Waals surface area (Å²) < 4.78 is 22.3. The fourth-order valence-corrected chi connectivity index (χ4v) is 3.11. The first-order chi connectivity index (χ1) is 11.7. The second-order valence-electron chi connectivity index (χ2n) is 5.74. The van der Waals surface area contributed by atoms with Crippen LogP contribution in [0.2, 0.25) is 0 Å². The Morgan fingerprint density at radius 3 is 2.40 bits per heavy atom. The van der Waals surface area contributed by atoms with E-state index in [1.165, 1.54) is 0 Å². The topological polar surface area (TPSA) is 109 Å². The quantitative estimate of drug-likeness (QED) is 0.799. The highest BCUT2D eigenvalue weighted by Crippen LogP contribution is 2.27. The molecule has 3 rings (SSSR count). The molecule has 2 N–H and O–H groups in total. The van der Waals surface area contributed by atoms with Crippen molar-refractivity contribution in [1.29, 1.82) is 0 Å². The van der Waals surface area contributed by atoms with Gasteiger partial charge in [-0.05, 0) is 35.4 Å². The summed E-state index contributed by atoms with van der Waals surface area (Å²) in [5, 5.41) is 4.75. The molecular weight excluding hydrogens is 344 g/mol. The third kappa shape index (κ3) is 3.74. The monoisotopic (exact) mass is 358 g/mol. The summed E-state index contributed by atoms with van der Waals surface area (Å²) in [6.45, 7) is 0. The lowest BCUT2D eigenvalue weighted by Crippen LogP contribution is -2.21. The maximum Gasteiger partial charge on any atom is 0.258 e. The van der Waals surface area contributed by atoms with E-state index in [0.717, 1.165) is 6.26 Å². The van der Waals surface area contributed by atoms with Gasteiger partial charge in [0.2, 0.25) is 5.91 Å². The highest BCUT2D eigenvalue weighted by Gasteiger charge is 2.26. The Kier molecular flexibility index (Phi) is 4.13. The van der Waals surface area contributed by atoms with Gasteiger partial charge in [-0.15, -0.1) is 0 Å². The Morgan fingerprint density at radius 2 is 1.68 bits per heavy atom. The van der Waals surface area contributed by atoms with Gasteiger partial charge in [0.25, 0.3) is 11.8 Å². The van der Waals surface area contributed by atoms with Crippen molar-refractivity contribution in [3.63, 3.8) is 0 Å². The van der Waals surface area contributed by atoms with Gasteiger partial charge in [-0.3, -0.25) is 19.7 Å². The molecule has 128 valence electrons. The average molecular weight is 358 g/mol. The van der Waals surface area contributed by atoms with Crippen LogP contribution in [-0.4, -0.2) is 38.1 Å². The van der Waals surface area contributed by atoms with Crippen molar-refractivity contribution in [3.8, 4) is 11.1 Å². The van der Waals surface area contributed by atoms with Crippen molar-refractivity contribution in [1.82, 2.24) is 5.32 Å². The number of hydrogen-bond donors (Lipinski definition) is 2. The molecule has 0 saturated heterocycles. The van der Waals surface area contributed by atoms with Crippen molar-refractivity contribution >= 4 is 33.2 Å². The molecule has 1 aliphatic heterocycles. The molecule has 1 heterocycles. The van der Waals surface area contributed by atoms with Gasteiger partial charge in [0.05, 0.1) is 11.1 Å². The van der Waals surface area contributed by atoms with Crippen LogP contribution >= 0.6 is 0 Å². The lowest BCUT2D eigenvalue weighted by atomic mass is 10.00. The molecule has 0 bridgehead atoms. The summed E-state index contributed by atoms with van der Waals surface area (Å²) in [5.41, 5.74) is 2.47. The minimum Gasteiger partial charge on any atom is -0.325 e. The van der Waals surface area contributed by atoms with Gasteiger partial charge in [-0.1, -0.05) is 18.2 Å². The molecule has 0 aliphatic carbocycles. The minimum absolute atomic E-state index is 0.300. The molecule has 0 unspecified atom stereocenters. The highest BCUT2D eigenvalue weighted by atomic mass is 32.2. The lowest BCUT2D eigenvalue weighted by molar-refractivity contribution is -0.113. The SMILES string of the molecule is CS(=O)(=O)CC(=O)Nc1cccc(-c2ccc3c(c2)C(=O)NC3=O)c1. The predicted octanol–water partition coefficient (Wildman–Crippen LogP) is 1.22. The van der Waals surface area contributed by atoms with Crippen LogP contribution in [0.1, 0.15) is 20.7 Å². The first-order valence-corrected chi connectivity index (χ1v) is 9.37. The number of rotatable bonds is 4. The van der Waals surface area contributed by atoms with Gasteiger partial charge >= 0.3 is 0 Å². The van der Waals surface area contributed by atoms with Crippen LogP contribution in [-0.2, 0) is 14.6 Å². The minimum atomic E-state index is -3.41. The van der Waals surface area contributed by atoms with Gasteiger partial charge in [0, 0.05) is 11.9 Å². The largest absolute Gasteiger partial charge is 0.325 e. The second-order valence-corrected chi connectivity index (χ2v) is 7.88. The fourth-order valence-electron chi connectivity index (χ4n) is 2.56. The van der Waals surface area contributed by atoms with E-state index in [4.69, 9.17) is 0 Å². The number of imide groups is 1. The lowest BCUT2D eigenvalue weighted by Gasteiger charge is -2.08. The number of carbonyl (C=O) groups excluding carboxylic acids is 3. The summed E-state index contributed by atoms with van der Waals surface area (Å²) in [6.07, 6.45) is 0.986. The van der Waals surface area contributed by atoms with Crippen molar-refractivity contribution < 1.29 is 22.8 Å². The zero-order valence-electron chi connectivity index (χ0n) is 13.2. The van der Waals surface area contributed by atoms with Gasteiger partial charge in [0.1, 0.15) is 5.75 Å². The van der Waals surface area contributed by atoms with Gasteiger partial charge < -0.3 is 5.32 Å². The van der Waals surface area contributed by atoms with Gasteiger partial charge in [-0.2, -0.15) is 0 Å². The summed E-state index contributed by atoms with van der Waals surface area (Å²) in [5.74, 6) is -2.09. The number of sulfone groups is 1. The van der Waals surface area contributed by atoms with E-state index in [-0.39, 0.29) is 0 Å². The Morgan fingerprint density at radius 1 is 1.00 bits per heavy atom. The molecule has 7 nitrogen and oxygen atoms in total. The molecule has 2 aromatic carbocycles. The van der Waals surface area contributed by atoms with E-state index in [0.29, 0.717) is 27.9 Å². The van der Waals surface area contributed by atoms with E-state index in [1.807, 2.05) is 0 Å². The van der Waals surface area contributed by atoms with E-state index < -0.39 is 33.3 Å². The van der Waals surface area contributed by atoms with Crippen LogP contribution < -0.4 is 10.6 Å². The molecule has 1 aliphatic rings. The number of benzene rings is 2. The first-order valence-electron chi connectivity index (χ1n) is 7.31. The molecule has 0 aromatic heterocycles. The molecule has 0 radical (unpaired) electrons. The third-order valence-electron chi connectivity index (χ3n) is 3.61. The van der Waals surface area contributed by atoms with Crippen LogP contribution in [0.5, 0.6) is 0 Å². The van der Waals surface area contributed by atoms with Gasteiger partial charge in [0.15, 0.2) is 9.84 Å². The zero-order chi connectivity index (χ0) is 18.2. The Hall–Kier alpha value is -3.00. The molecule has 0 saturated carbocycles. The first kappa shape index (κ1) is 16.8. The maximum atomic E-state index is 11.8. The van der Waals surface area contributed by atoms with E-state index >= 15 is 0 Å². The number of nitrogens with one attached hydrogen (secondary N) is 2. The standard InChI is InChI=1S/C17H14N2O5S/c1-25(23,24)9-15(20)18-12-4-2-3-10(7-12)11-5-6-13-14(8-11)17(22)19-16(13)21/h2-8H,9H2,1H3,(H,18,20)(H,19,21,22). The molecule has 0 atom stereocenters. The summed E-state index contributed by atoms with van der Waals surface area (Å²) >= 11 is 0. The Bertz CT molecular complexity index is 1010. The summed E-state index contributed by atoms with van der Waals surface area (Å²) in [6, 6.07) is 11.7. The van der Waals surface area contributed by atoms with E-state index in [9.17, 15) is 22.8 Å². The highest BCUT2D eigenvalue weighted by molar-refractivity contribution is 7.91. The molecule has 0 spiro atoms. The number of amides is 3. The molecule has 3 amide bonds. The van der Waals surface area contributed by atoms with Crippen molar-refractivity contribution in [2.24, 2.45) is 0 Å². The van der Waals surface area contributed by atoms with Crippen LogP contribution in [0.3, 0.4) is 0 Å². The van der Waals surface area contributed by atoms with E-state index in [1.54, 1.807) is 42.5 Å². The molecular formula is C17H14N2O5S. The number of fused-ring (bicyclic) bond motifs is 1. The molecule has 8 heteroatoms. The van der Waals surface area contributed by atoms with Crippen LogP contribution in [0, 0.1) is 0 Å². The zero-order valence-corrected chi connectivity index (χ0v) is 14.0. The second kappa shape index (κ2) is 6.14. The number of carbonyl (C=O) groups is 3. The van der Waals surface area contributed by atoms with Crippen molar-refractivity contribution in [2.45, 2.75) is 0 Å². The number of hydrogen-bond acceptors (Lipinski definition) is 5. The smallest absolute Gasteiger partial charge is 0.258 e. The molecule has 2 aromatic rings. The summed E-state index contributed by atoms with van der Waals surface area (Å²) in [4.78, 5) is 35.1. The fraction of sp³-hybridized carbons (Fsp3) is 0.118. The Balaban J connectivity index is 1.88. The Labute approximate surface area is 144 Å². The van der Waals surface area contributed by atoms with Crippen LogP contribution in [0.15, 0.2) is 42.5 Å². The van der Waals surface area contributed by atoms with Crippen molar-refractivity contribution in [3.05, 3.63) is 53.6 Å². The summed E-state index contributed by atoms with van der Waals surface area (Å²) in [7, 11) is -3.41.